The van der Waals surface area contributed by atoms with Crippen molar-refractivity contribution in [2.75, 3.05) is 5.73 Å². The van der Waals surface area contributed by atoms with Gasteiger partial charge in [0.05, 0.1) is 6.07 Å². The van der Waals surface area contributed by atoms with E-state index in [0.29, 0.717) is 29.6 Å². The molecule has 1 heterocycles. The van der Waals surface area contributed by atoms with E-state index in [4.69, 9.17) is 10.5 Å². The zero-order chi connectivity index (χ0) is 13.1. The van der Waals surface area contributed by atoms with Gasteiger partial charge in [-0.3, -0.25) is 4.79 Å². The molecule has 0 saturated carbocycles. The molecule has 0 atom stereocenters. The minimum Gasteiger partial charge on any atom is -0.439 e. The lowest BCUT2D eigenvalue weighted by Crippen LogP contribution is -2.10. The van der Waals surface area contributed by atoms with E-state index in [1.807, 2.05) is 19.9 Å². The molecule has 1 aromatic carbocycles. The first kappa shape index (κ1) is 12.2. The highest BCUT2D eigenvalue weighted by Gasteiger charge is 2.04. The Hall–Kier alpha value is -2.30. The first-order valence-corrected chi connectivity index (χ1v) is 5.72. The van der Waals surface area contributed by atoms with Gasteiger partial charge in [-0.05, 0) is 30.7 Å². The molecule has 0 aliphatic carbocycles. The number of nitrogens with one attached hydrogen (secondary N) is 1. The van der Waals surface area contributed by atoms with E-state index in [-0.39, 0.29) is 5.56 Å². The molecule has 0 fully saturated rings. The summed E-state index contributed by atoms with van der Waals surface area (Å²) in [5.74, 6) is 1.51. The van der Waals surface area contributed by atoms with Crippen LogP contribution in [0, 0.1) is 6.92 Å². The third kappa shape index (κ3) is 2.68. The van der Waals surface area contributed by atoms with E-state index in [2.05, 4.69) is 9.97 Å². The van der Waals surface area contributed by atoms with Gasteiger partial charge in [0.2, 0.25) is 5.88 Å². The topological polar surface area (TPSA) is 81.0 Å². The summed E-state index contributed by atoms with van der Waals surface area (Å²) in [6.45, 7) is 3.81. The highest BCUT2D eigenvalue weighted by Crippen LogP contribution is 2.22. The van der Waals surface area contributed by atoms with Gasteiger partial charge in [-0.15, -0.1) is 0 Å². The number of anilines is 1. The van der Waals surface area contributed by atoms with E-state index >= 15 is 0 Å². The summed E-state index contributed by atoms with van der Waals surface area (Å²) in [6.07, 6.45) is 0.646. The fourth-order valence-electron chi connectivity index (χ4n) is 1.54. The number of rotatable bonds is 3. The molecule has 0 saturated heterocycles. The minimum absolute atomic E-state index is 0.219. The number of ether oxygens (including phenoxy) is 1. The van der Waals surface area contributed by atoms with Gasteiger partial charge in [-0.25, -0.2) is 0 Å². The number of aromatic amines is 1. The summed E-state index contributed by atoms with van der Waals surface area (Å²) < 4.78 is 5.55. The number of aryl methyl sites for hydroxylation is 2. The molecule has 1 aromatic heterocycles. The summed E-state index contributed by atoms with van der Waals surface area (Å²) in [5, 5.41) is 0. The Morgan fingerprint density at radius 2 is 2.17 bits per heavy atom. The normalized spacial score (nSPS) is 10.3. The van der Waals surface area contributed by atoms with Gasteiger partial charge in [0.25, 0.3) is 5.56 Å². The number of nitrogens with two attached hydrogens (primary N) is 1. The highest BCUT2D eigenvalue weighted by atomic mass is 16.5. The standard InChI is InChI=1S/C13H15N3O2/c1-3-11-15-12(17)7-13(16-11)18-9-4-5-10(14)8(2)6-9/h4-7H,3,14H2,1-2H3,(H,15,16,17). The van der Waals surface area contributed by atoms with E-state index in [1.165, 1.54) is 6.07 Å². The first-order chi connectivity index (χ1) is 8.58. The lowest BCUT2D eigenvalue weighted by atomic mass is 10.2. The summed E-state index contributed by atoms with van der Waals surface area (Å²) >= 11 is 0. The van der Waals surface area contributed by atoms with Crippen molar-refractivity contribution in [1.29, 1.82) is 0 Å². The smallest absolute Gasteiger partial charge is 0.254 e. The van der Waals surface area contributed by atoms with Crippen molar-refractivity contribution < 1.29 is 4.74 Å². The van der Waals surface area contributed by atoms with Gasteiger partial charge in [-0.2, -0.15) is 4.98 Å². The molecule has 2 aromatic rings. The summed E-state index contributed by atoms with van der Waals surface area (Å²) in [6, 6.07) is 6.64. The predicted molar refractivity (Wildman–Crippen MR) is 69.9 cm³/mol. The second-order valence-electron chi connectivity index (χ2n) is 4.00. The number of hydrogen-bond acceptors (Lipinski definition) is 4. The Bertz CT molecular complexity index is 620. The number of aromatic nitrogens is 2. The Balaban J connectivity index is 2.30. The van der Waals surface area contributed by atoms with Crippen LogP contribution in [0.4, 0.5) is 5.69 Å². The molecule has 5 nitrogen and oxygen atoms in total. The van der Waals surface area contributed by atoms with Crippen LogP contribution in [-0.4, -0.2) is 9.97 Å². The monoisotopic (exact) mass is 245 g/mol. The molecule has 0 spiro atoms. The van der Waals surface area contributed by atoms with Crippen LogP contribution >= 0.6 is 0 Å². The third-order valence-electron chi connectivity index (χ3n) is 2.57. The molecule has 0 aliphatic heterocycles. The number of H-pyrrole nitrogens is 1. The maximum Gasteiger partial charge on any atom is 0.254 e. The van der Waals surface area contributed by atoms with Crippen molar-refractivity contribution in [2.24, 2.45) is 0 Å². The van der Waals surface area contributed by atoms with E-state index < -0.39 is 0 Å². The summed E-state index contributed by atoms with van der Waals surface area (Å²) in [4.78, 5) is 18.2. The number of nitrogen functional groups attached to an aromatic ring is 1. The molecule has 94 valence electrons. The Morgan fingerprint density at radius 1 is 1.39 bits per heavy atom. The number of hydrogen-bond donors (Lipinski definition) is 2. The molecule has 5 heteroatoms. The summed E-state index contributed by atoms with van der Waals surface area (Å²) in [5.41, 5.74) is 7.14. The van der Waals surface area contributed by atoms with Crippen LogP contribution in [0.5, 0.6) is 11.6 Å². The van der Waals surface area contributed by atoms with Crippen molar-refractivity contribution in [1.82, 2.24) is 9.97 Å². The van der Waals surface area contributed by atoms with Crippen LogP contribution in [0.25, 0.3) is 0 Å². The van der Waals surface area contributed by atoms with Crippen molar-refractivity contribution in [3.05, 3.63) is 46.0 Å². The van der Waals surface area contributed by atoms with Gasteiger partial charge in [-0.1, -0.05) is 6.92 Å². The van der Waals surface area contributed by atoms with Crippen LogP contribution in [-0.2, 0) is 6.42 Å². The lowest BCUT2D eigenvalue weighted by molar-refractivity contribution is 0.457. The largest absolute Gasteiger partial charge is 0.439 e. The van der Waals surface area contributed by atoms with Crippen LogP contribution in [0.15, 0.2) is 29.1 Å². The van der Waals surface area contributed by atoms with Crippen molar-refractivity contribution in [2.45, 2.75) is 20.3 Å². The maximum absolute atomic E-state index is 11.4. The zero-order valence-corrected chi connectivity index (χ0v) is 10.4. The zero-order valence-electron chi connectivity index (χ0n) is 10.4. The molecular weight excluding hydrogens is 230 g/mol. The van der Waals surface area contributed by atoms with Crippen molar-refractivity contribution in [3.63, 3.8) is 0 Å². The van der Waals surface area contributed by atoms with Crippen molar-refractivity contribution in [3.8, 4) is 11.6 Å². The second-order valence-corrected chi connectivity index (χ2v) is 4.00. The van der Waals surface area contributed by atoms with Gasteiger partial charge >= 0.3 is 0 Å². The first-order valence-electron chi connectivity index (χ1n) is 5.72. The molecule has 0 bridgehead atoms. The van der Waals surface area contributed by atoms with Crippen LogP contribution in [0.1, 0.15) is 18.3 Å². The fraction of sp³-hybridized carbons (Fsp3) is 0.231. The maximum atomic E-state index is 11.4. The molecule has 18 heavy (non-hydrogen) atoms. The molecular formula is C13H15N3O2. The molecule has 0 unspecified atom stereocenters. The van der Waals surface area contributed by atoms with Crippen LogP contribution in [0.2, 0.25) is 0 Å². The lowest BCUT2D eigenvalue weighted by Gasteiger charge is -2.07. The fourth-order valence-corrected chi connectivity index (χ4v) is 1.54. The van der Waals surface area contributed by atoms with E-state index in [1.54, 1.807) is 12.1 Å². The van der Waals surface area contributed by atoms with Gasteiger partial charge in [0.1, 0.15) is 11.6 Å². The minimum atomic E-state index is -0.219. The number of nitrogens with zero attached hydrogens (tertiary/aromatic N) is 1. The van der Waals surface area contributed by atoms with Gasteiger partial charge < -0.3 is 15.5 Å². The van der Waals surface area contributed by atoms with E-state index in [9.17, 15) is 4.79 Å². The quantitative estimate of drug-likeness (QED) is 0.810. The Morgan fingerprint density at radius 3 is 2.83 bits per heavy atom. The van der Waals surface area contributed by atoms with Crippen molar-refractivity contribution >= 4 is 5.69 Å². The third-order valence-corrected chi connectivity index (χ3v) is 2.57. The Labute approximate surface area is 105 Å². The molecule has 2 rings (SSSR count). The van der Waals surface area contributed by atoms with E-state index in [0.717, 1.165) is 5.56 Å². The molecule has 0 aliphatic rings. The van der Waals surface area contributed by atoms with Gasteiger partial charge in [0, 0.05) is 12.1 Å². The van der Waals surface area contributed by atoms with Gasteiger partial charge in [0.15, 0.2) is 0 Å². The molecule has 0 amide bonds. The second kappa shape index (κ2) is 4.91. The number of benzene rings is 1. The highest BCUT2D eigenvalue weighted by molar-refractivity contribution is 5.50. The average molecular weight is 245 g/mol. The van der Waals surface area contributed by atoms with Crippen LogP contribution < -0.4 is 16.0 Å². The molecule has 3 N–H and O–H groups in total. The molecule has 0 radical (unpaired) electrons. The predicted octanol–water partition coefficient (Wildman–Crippen LogP) is 2.02. The summed E-state index contributed by atoms with van der Waals surface area (Å²) in [7, 11) is 0. The van der Waals surface area contributed by atoms with Crippen LogP contribution in [0.3, 0.4) is 0 Å². The Kier molecular flexibility index (Phi) is 3.32. The SMILES string of the molecule is CCc1nc(Oc2ccc(N)c(C)c2)cc(=O)[nH]1. The average Bonchev–Trinajstić information content (AvgIpc) is 2.33.